The van der Waals surface area contributed by atoms with E-state index in [0.29, 0.717) is 0 Å². The summed E-state index contributed by atoms with van der Waals surface area (Å²) >= 11 is 1.78. The van der Waals surface area contributed by atoms with Crippen LogP contribution in [0.4, 0.5) is 11.4 Å². The van der Waals surface area contributed by atoms with Crippen molar-refractivity contribution in [1.29, 1.82) is 0 Å². The van der Waals surface area contributed by atoms with Crippen molar-refractivity contribution < 1.29 is 0 Å². The Hall–Kier alpha value is -2.00. The molecule has 20 heavy (non-hydrogen) atoms. The van der Waals surface area contributed by atoms with Crippen LogP contribution in [0.5, 0.6) is 0 Å². The molecular weight excluding hydrogens is 264 g/mol. The van der Waals surface area contributed by atoms with Crippen molar-refractivity contribution in [3.05, 3.63) is 59.5 Å². The predicted molar refractivity (Wildman–Crippen MR) is 89.9 cm³/mol. The fraction of sp³-hybridized carbons (Fsp3) is 0.176. The van der Waals surface area contributed by atoms with Crippen molar-refractivity contribution in [2.45, 2.75) is 6.54 Å². The molecule has 0 aliphatic heterocycles. The van der Waals surface area contributed by atoms with E-state index in [1.807, 2.05) is 0 Å². The molecule has 0 bridgehead atoms. The predicted octanol–water partition coefficient (Wildman–Crippen LogP) is 4.58. The number of hydrogen-bond donors (Lipinski definition) is 1. The molecule has 1 aromatic heterocycles. The van der Waals surface area contributed by atoms with Gasteiger partial charge >= 0.3 is 0 Å². The molecule has 1 N–H and O–H groups in total. The first-order valence-electron chi connectivity index (χ1n) is 6.70. The second-order valence-electron chi connectivity index (χ2n) is 5.09. The summed E-state index contributed by atoms with van der Waals surface area (Å²) in [5.41, 5.74) is 3.70. The number of nitrogens with one attached hydrogen (secondary N) is 1. The van der Waals surface area contributed by atoms with Crippen LogP contribution in [-0.4, -0.2) is 14.1 Å². The van der Waals surface area contributed by atoms with Gasteiger partial charge in [0.2, 0.25) is 0 Å². The van der Waals surface area contributed by atoms with Crippen LogP contribution in [0.2, 0.25) is 0 Å². The Morgan fingerprint density at radius 2 is 1.80 bits per heavy atom. The van der Waals surface area contributed by atoms with Gasteiger partial charge in [0.1, 0.15) is 0 Å². The first-order valence-corrected chi connectivity index (χ1v) is 7.58. The van der Waals surface area contributed by atoms with Crippen molar-refractivity contribution in [2.24, 2.45) is 0 Å². The normalized spacial score (nSPS) is 10.7. The Morgan fingerprint density at radius 1 is 1.00 bits per heavy atom. The lowest BCUT2D eigenvalue weighted by atomic mass is 10.2. The average molecular weight is 282 g/mol. The molecule has 0 saturated carbocycles. The van der Waals surface area contributed by atoms with Gasteiger partial charge in [0.05, 0.1) is 0 Å². The SMILES string of the molecule is CN(C)c1ccc(CNc2ccc3sccc3c2)cc1. The molecule has 0 aliphatic rings. The quantitative estimate of drug-likeness (QED) is 0.753. The van der Waals surface area contributed by atoms with Gasteiger partial charge in [-0.2, -0.15) is 0 Å². The van der Waals surface area contributed by atoms with E-state index in [4.69, 9.17) is 0 Å². The van der Waals surface area contributed by atoms with Crippen LogP contribution in [-0.2, 0) is 6.54 Å². The zero-order chi connectivity index (χ0) is 13.9. The highest BCUT2D eigenvalue weighted by molar-refractivity contribution is 7.17. The highest BCUT2D eigenvalue weighted by Crippen LogP contribution is 2.24. The van der Waals surface area contributed by atoms with E-state index in [2.05, 4.69) is 78.2 Å². The maximum Gasteiger partial charge on any atom is 0.0400 e. The summed E-state index contributed by atoms with van der Waals surface area (Å²) in [5.74, 6) is 0. The molecule has 1 heterocycles. The van der Waals surface area contributed by atoms with Gasteiger partial charge in [0, 0.05) is 36.7 Å². The molecule has 0 atom stereocenters. The molecule has 0 spiro atoms. The highest BCUT2D eigenvalue weighted by Gasteiger charge is 1.99. The minimum Gasteiger partial charge on any atom is -0.381 e. The van der Waals surface area contributed by atoms with Gasteiger partial charge < -0.3 is 10.2 Å². The van der Waals surface area contributed by atoms with E-state index in [1.165, 1.54) is 27.0 Å². The first-order chi connectivity index (χ1) is 9.72. The summed E-state index contributed by atoms with van der Waals surface area (Å²) in [7, 11) is 4.12. The largest absolute Gasteiger partial charge is 0.381 e. The average Bonchev–Trinajstić information content (AvgIpc) is 2.93. The van der Waals surface area contributed by atoms with Gasteiger partial charge in [-0.15, -0.1) is 11.3 Å². The molecule has 2 aromatic carbocycles. The van der Waals surface area contributed by atoms with Crippen molar-refractivity contribution in [3.63, 3.8) is 0 Å². The van der Waals surface area contributed by atoms with Crippen LogP contribution >= 0.6 is 11.3 Å². The Morgan fingerprint density at radius 3 is 2.55 bits per heavy atom. The van der Waals surface area contributed by atoms with Crippen LogP contribution < -0.4 is 10.2 Å². The van der Waals surface area contributed by atoms with Crippen LogP contribution in [0.25, 0.3) is 10.1 Å². The van der Waals surface area contributed by atoms with Crippen LogP contribution in [0, 0.1) is 0 Å². The maximum absolute atomic E-state index is 3.48. The molecule has 0 aliphatic carbocycles. The van der Waals surface area contributed by atoms with Crippen molar-refractivity contribution in [1.82, 2.24) is 0 Å². The smallest absolute Gasteiger partial charge is 0.0400 e. The number of hydrogen-bond acceptors (Lipinski definition) is 3. The molecule has 0 radical (unpaired) electrons. The summed E-state index contributed by atoms with van der Waals surface area (Å²) < 4.78 is 1.34. The summed E-state index contributed by atoms with van der Waals surface area (Å²) in [5, 5.41) is 6.92. The molecule has 0 amide bonds. The third kappa shape index (κ3) is 2.78. The Labute approximate surface area is 123 Å². The molecule has 102 valence electrons. The third-order valence-corrected chi connectivity index (χ3v) is 4.30. The van der Waals surface area contributed by atoms with Gasteiger partial charge in [-0.05, 0) is 52.7 Å². The molecular formula is C17H18N2S. The van der Waals surface area contributed by atoms with E-state index >= 15 is 0 Å². The van der Waals surface area contributed by atoms with Crippen molar-refractivity contribution in [2.75, 3.05) is 24.3 Å². The lowest BCUT2D eigenvalue weighted by molar-refractivity contribution is 1.11. The molecule has 3 heteroatoms. The second-order valence-corrected chi connectivity index (χ2v) is 6.04. The number of nitrogens with zero attached hydrogens (tertiary/aromatic N) is 1. The summed E-state index contributed by atoms with van der Waals surface area (Å²) in [6, 6.07) is 17.3. The Bertz CT molecular complexity index is 698. The zero-order valence-electron chi connectivity index (χ0n) is 11.8. The van der Waals surface area contributed by atoms with Crippen LogP contribution in [0.1, 0.15) is 5.56 Å². The molecule has 0 unspecified atom stereocenters. The maximum atomic E-state index is 3.48. The minimum absolute atomic E-state index is 0.851. The standard InChI is InChI=1S/C17H18N2S/c1-19(2)16-6-3-13(4-7-16)12-18-15-5-8-17-14(11-15)9-10-20-17/h3-11,18H,12H2,1-2H3. The summed E-state index contributed by atoms with van der Waals surface area (Å²) in [6.45, 7) is 0.851. The van der Waals surface area contributed by atoms with E-state index in [1.54, 1.807) is 11.3 Å². The zero-order valence-corrected chi connectivity index (χ0v) is 12.6. The lowest BCUT2D eigenvalue weighted by Gasteiger charge is -2.13. The number of rotatable bonds is 4. The van der Waals surface area contributed by atoms with Crippen molar-refractivity contribution >= 4 is 32.8 Å². The summed E-state index contributed by atoms with van der Waals surface area (Å²) in [4.78, 5) is 2.11. The Balaban J connectivity index is 1.69. The van der Waals surface area contributed by atoms with E-state index in [9.17, 15) is 0 Å². The van der Waals surface area contributed by atoms with E-state index in [-0.39, 0.29) is 0 Å². The third-order valence-electron chi connectivity index (χ3n) is 3.40. The lowest BCUT2D eigenvalue weighted by Crippen LogP contribution is -2.08. The number of fused-ring (bicyclic) bond motifs is 1. The molecule has 3 aromatic rings. The van der Waals surface area contributed by atoms with Crippen molar-refractivity contribution in [3.8, 4) is 0 Å². The molecule has 0 saturated heterocycles. The van der Waals surface area contributed by atoms with Gasteiger partial charge in [-0.1, -0.05) is 12.1 Å². The second kappa shape index (κ2) is 5.55. The number of thiophene rings is 1. The molecule has 0 fully saturated rings. The summed E-state index contributed by atoms with van der Waals surface area (Å²) in [6.07, 6.45) is 0. The van der Waals surface area contributed by atoms with Crippen LogP contribution in [0.3, 0.4) is 0 Å². The van der Waals surface area contributed by atoms with Gasteiger partial charge in [-0.25, -0.2) is 0 Å². The minimum atomic E-state index is 0.851. The molecule has 2 nitrogen and oxygen atoms in total. The van der Waals surface area contributed by atoms with Gasteiger partial charge in [0.25, 0.3) is 0 Å². The number of benzene rings is 2. The highest BCUT2D eigenvalue weighted by atomic mass is 32.1. The van der Waals surface area contributed by atoms with Crippen LogP contribution in [0.15, 0.2) is 53.9 Å². The molecule has 3 rings (SSSR count). The Kier molecular flexibility index (Phi) is 3.61. The van der Waals surface area contributed by atoms with Gasteiger partial charge in [-0.3, -0.25) is 0 Å². The van der Waals surface area contributed by atoms with E-state index in [0.717, 1.165) is 6.54 Å². The topological polar surface area (TPSA) is 15.3 Å². The first kappa shape index (κ1) is 13.0. The van der Waals surface area contributed by atoms with E-state index < -0.39 is 0 Å². The monoisotopic (exact) mass is 282 g/mol. The van der Waals surface area contributed by atoms with Gasteiger partial charge in [0.15, 0.2) is 0 Å². The number of anilines is 2. The fourth-order valence-corrected chi connectivity index (χ4v) is 2.96. The fourth-order valence-electron chi connectivity index (χ4n) is 2.19.